The van der Waals surface area contributed by atoms with Crippen molar-refractivity contribution >= 4 is 17.7 Å². The maximum Gasteiger partial charge on any atom is 0.251 e. The van der Waals surface area contributed by atoms with Crippen LogP contribution in [-0.2, 0) is 20.9 Å². The number of hydrogen-bond donors (Lipinski definition) is 1. The molecule has 2 aromatic carbocycles. The van der Waals surface area contributed by atoms with Crippen LogP contribution in [0.3, 0.4) is 0 Å². The number of amides is 3. The van der Waals surface area contributed by atoms with Gasteiger partial charge >= 0.3 is 0 Å². The van der Waals surface area contributed by atoms with Crippen molar-refractivity contribution in [3.8, 4) is 0 Å². The van der Waals surface area contributed by atoms with Crippen molar-refractivity contribution in [2.24, 2.45) is 0 Å². The highest BCUT2D eigenvalue weighted by atomic mass is 19.1. The van der Waals surface area contributed by atoms with Crippen LogP contribution in [0.1, 0.15) is 40.4 Å². The molecule has 2 aliphatic heterocycles. The molecule has 7 nitrogen and oxygen atoms in total. The second kappa shape index (κ2) is 10.0. The summed E-state index contributed by atoms with van der Waals surface area (Å²) in [6.07, 6.45) is 0.523. The first-order valence-corrected chi connectivity index (χ1v) is 10.8. The molecular weight excluding hydrogens is 413 g/mol. The number of benzene rings is 2. The standard InChI is InChI=1S/C24H26FN3O4/c25-20-7-5-18(6-8-20)21(27-11-13-32-14-12-27)15-26-24(31)19-3-1-17(2-4-19)16-28-22(29)9-10-23(28)30/h1-8,21H,9-16H2,(H,26,31). The number of halogens is 1. The van der Waals surface area contributed by atoms with E-state index >= 15 is 0 Å². The summed E-state index contributed by atoms with van der Waals surface area (Å²) in [5.74, 6) is -0.834. The molecule has 2 aromatic rings. The van der Waals surface area contributed by atoms with E-state index in [-0.39, 0.29) is 49.0 Å². The predicted molar refractivity (Wildman–Crippen MR) is 115 cm³/mol. The minimum atomic E-state index is -0.295. The first kappa shape index (κ1) is 22.1. The molecular formula is C24H26FN3O4. The lowest BCUT2D eigenvalue weighted by Crippen LogP contribution is -2.43. The molecule has 8 heteroatoms. The van der Waals surface area contributed by atoms with Crippen LogP contribution in [0.5, 0.6) is 0 Å². The third-order valence-corrected chi connectivity index (χ3v) is 5.91. The molecule has 168 valence electrons. The fourth-order valence-corrected chi connectivity index (χ4v) is 4.07. The third-order valence-electron chi connectivity index (χ3n) is 5.91. The van der Waals surface area contributed by atoms with Gasteiger partial charge in [-0.15, -0.1) is 0 Å². The fourth-order valence-electron chi connectivity index (χ4n) is 4.07. The first-order chi connectivity index (χ1) is 15.5. The summed E-state index contributed by atoms with van der Waals surface area (Å²) in [4.78, 5) is 39.8. The molecule has 0 bridgehead atoms. The zero-order valence-electron chi connectivity index (χ0n) is 17.8. The van der Waals surface area contributed by atoms with E-state index in [2.05, 4.69) is 10.2 Å². The van der Waals surface area contributed by atoms with Gasteiger partial charge in [-0.1, -0.05) is 24.3 Å². The summed E-state index contributed by atoms with van der Waals surface area (Å²) in [5.41, 5.74) is 2.22. The van der Waals surface area contributed by atoms with Gasteiger partial charge in [-0.05, 0) is 35.4 Å². The van der Waals surface area contributed by atoms with Crippen molar-refractivity contribution in [3.63, 3.8) is 0 Å². The van der Waals surface area contributed by atoms with Crippen LogP contribution in [0.15, 0.2) is 48.5 Å². The van der Waals surface area contributed by atoms with Crippen LogP contribution < -0.4 is 5.32 Å². The van der Waals surface area contributed by atoms with Gasteiger partial charge in [0.2, 0.25) is 11.8 Å². The molecule has 3 amide bonds. The molecule has 0 aliphatic carbocycles. The van der Waals surface area contributed by atoms with Crippen molar-refractivity contribution < 1.29 is 23.5 Å². The summed E-state index contributed by atoms with van der Waals surface area (Å²) >= 11 is 0. The fraction of sp³-hybridized carbons (Fsp3) is 0.375. The molecule has 1 atom stereocenters. The van der Waals surface area contributed by atoms with Gasteiger partial charge in [-0.3, -0.25) is 24.2 Å². The number of carbonyl (C=O) groups excluding carboxylic acids is 3. The van der Waals surface area contributed by atoms with Gasteiger partial charge in [-0.25, -0.2) is 4.39 Å². The Kier molecular flexibility index (Phi) is 6.92. The number of nitrogens with zero attached hydrogens (tertiary/aromatic N) is 2. The average Bonchev–Trinajstić information content (AvgIpc) is 3.13. The molecule has 2 saturated heterocycles. The maximum absolute atomic E-state index is 13.4. The first-order valence-electron chi connectivity index (χ1n) is 10.8. The Morgan fingerprint density at radius 2 is 1.59 bits per heavy atom. The summed E-state index contributed by atoms with van der Waals surface area (Å²) in [6.45, 7) is 3.32. The molecule has 1 unspecified atom stereocenters. The Hall–Kier alpha value is -3.10. The van der Waals surface area contributed by atoms with Crippen LogP contribution in [0, 0.1) is 5.82 Å². The van der Waals surface area contributed by atoms with E-state index in [9.17, 15) is 18.8 Å². The van der Waals surface area contributed by atoms with E-state index in [0.717, 1.165) is 24.2 Å². The minimum Gasteiger partial charge on any atom is -0.379 e. The number of nitrogens with one attached hydrogen (secondary N) is 1. The number of carbonyl (C=O) groups is 3. The molecule has 0 spiro atoms. The number of morpholine rings is 1. The number of imide groups is 1. The molecule has 2 heterocycles. The Labute approximate surface area is 186 Å². The Morgan fingerprint density at radius 1 is 0.969 bits per heavy atom. The highest BCUT2D eigenvalue weighted by molar-refractivity contribution is 6.01. The van der Waals surface area contributed by atoms with Crippen LogP contribution in [0.2, 0.25) is 0 Å². The van der Waals surface area contributed by atoms with E-state index in [0.29, 0.717) is 25.3 Å². The van der Waals surface area contributed by atoms with Crippen LogP contribution in [-0.4, -0.2) is 60.4 Å². The molecule has 32 heavy (non-hydrogen) atoms. The summed E-state index contributed by atoms with van der Waals surface area (Å²) in [7, 11) is 0. The van der Waals surface area contributed by atoms with Crippen molar-refractivity contribution in [1.82, 2.24) is 15.1 Å². The van der Waals surface area contributed by atoms with Crippen molar-refractivity contribution in [2.75, 3.05) is 32.8 Å². The second-order valence-corrected chi connectivity index (χ2v) is 8.00. The van der Waals surface area contributed by atoms with Gasteiger partial charge < -0.3 is 10.1 Å². The molecule has 2 fully saturated rings. The van der Waals surface area contributed by atoms with Crippen LogP contribution in [0.4, 0.5) is 4.39 Å². The SMILES string of the molecule is O=C(NCC(c1ccc(F)cc1)N1CCOCC1)c1ccc(CN2C(=O)CCC2=O)cc1. The van der Waals surface area contributed by atoms with Crippen LogP contribution in [0.25, 0.3) is 0 Å². The van der Waals surface area contributed by atoms with Gasteiger partial charge in [0.1, 0.15) is 5.82 Å². The highest BCUT2D eigenvalue weighted by Crippen LogP contribution is 2.22. The van der Waals surface area contributed by atoms with E-state index in [1.54, 1.807) is 36.4 Å². The third kappa shape index (κ3) is 5.20. The molecule has 0 radical (unpaired) electrons. The summed E-state index contributed by atoms with van der Waals surface area (Å²) in [6, 6.07) is 13.2. The summed E-state index contributed by atoms with van der Waals surface area (Å²) < 4.78 is 18.8. The van der Waals surface area contributed by atoms with E-state index in [1.165, 1.54) is 17.0 Å². The molecule has 4 rings (SSSR count). The highest BCUT2D eigenvalue weighted by Gasteiger charge is 2.28. The normalized spacial score (nSPS) is 18.1. The Bertz CT molecular complexity index is 956. The van der Waals surface area contributed by atoms with E-state index in [4.69, 9.17) is 4.74 Å². The molecule has 0 aromatic heterocycles. The van der Waals surface area contributed by atoms with Crippen LogP contribution >= 0.6 is 0 Å². The lowest BCUT2D eigenvalue weighted by molar-refractivity contribution is -0.139. The largest absolute Gasteiger partial charge is 0.379 e. The monoisotopic (exact) mass is 439 g/mol. The van der Waals surface area contributed by atoms with Gasteiger partial charge in [-0.2, -0.15) is 0 Å². The van der Waals surface area contributed by atoms with E-state index in [1.807, 2.05) is 0 Å². The maximum atomic E-state index is 13.4. The predicted octanol–water partition coefficient (Wildman–Crippen LogP) is 2.28. The van der Waals surface area contributed by atoms with Crippen molar-refractivity contribution in [2.45, 2.75) is 25.4 Å². The molecule has 0 saturated carbocycles. The number of ether oxygens (including phenoxy) is 1. The van der Waals surface area contributed by atoms with Gasteiger partial charge in [0, 0.05) is 38.0 Å². The van der Waals surface area contributed by atoms with E-state index < -0.39 is 0 Å². The van der Waals surface area contributed by atoms with Crippen molar-refractivity contribution in [1.29, 1.82) is 0 Å². The van der Waals surface area contributed by atoms with Gasteiger partial charge in [0.25, 0.3) is 5.91 Å². The smallest absolute Gasteiger partial charge is 0.251 e. The zero-order chi connectivity index (χ0) is 22.5. The number of hydrogen-bond acceptors (Lipinski definition) is 5. The summed E-state index contributed by atoms with van der Waals surface area (Å²) in [5, 5.41) is 2.98. The molecule has 2 aliphatic rings. The zero-order valence-corrected chi connectivity index (χ0v) is 17.8. The molecule has 1 N–H and O–H groups in total. The Balaban J connectivity index is 1.39. The number of rotatable bonds is 7. The lowest BCUT2D eigenvalue weighted by atomic mass is 10.0. The second-order valence-electron chi connectivity index (χ2n) is 8.00. The van der Waals surface area contributed by atoms with Gasteiger partial charge in [0.05, 0.1) is 25.8 Å². The van der Waals surface area contributed by atoms with Crippen molar-refractivity contribution in [3.05, 3.63) is 71.0 Å². The Morgan fingerprint density at radius 3 is 2.22 bits per heavy atom. The number of likely N-dealkylation sites (tertiary alicyclic amines) is 1. The topological polar surface area (TPSA) is 79.0 Å². The lowest BCUT2D eigenvalue weighted by Gasteiger charge is -2.35. The van der Waals surface area contributed by atoms with Gasteiger partial charge in [0.15, 0.2) is 0 Å². The minimum absolute atomic E-state index is 0.0880. The average molecular weight is 439 g/mol. The quantitative estimate of drug-likeness (QED) is 0.670.